The van der Waals surface area contributed by atoms with Crippen LogP contribution in [0.2, 0.25) is 0 Å². The Hall–Kier alpha value is -1.54. The summed E-state index contributed by atoms with van der Waals surface area (Å²) in [5, 5.41) is 6.16. The molecule has 2 nitrogen and oxygen atoms in total. The van der Waals surface area contributed by atoms with Gasteiger partial charge in [-0.1, -0.05) is 63.4 Å². The molecule has 2 rings (SSSR count). The van der Waals surface area contributed by atoms with Crippen molar-refractivity contribution in [3.63, 3.8) is 0 Å². The molecule has 2 aromatic carbocycles. The average molecular weight is 285 g/mol. The van der Waals surface area contributed by atoms with Crippen LogP contribution in [0.1, 0.15) is 51.1 Å². The summed E-state index contributed by atoms with van der Waals surface area (Å²) in [5.74, 6) is 0.957. The van der Waals surface area contributed by atoms with Gasteiger partial charge in [0.15, 0.2) is 0 Å². The first kappa shape index (κ1) is 15.8. The maximum absolute atomic E-state index is 5.50. The quantitative estimate of drug-likeness (QED) is 0.683. The van der Waals surface area contributed by atoms with Crippen LogP contribution in [0, 0.1) is 0 Å². The van der Waals surface area contributed by atoms with Crippen molar-refractivity contribution in [3.8, 4) is 5.75 Å². The van der Waals surface area contributed by atoms with E-state index >= 15 is 0 Å². The van der Waals surface area contributed by atoms with Gasteiger partial charge in [-0.25, -0.2) is 0 Å². The minimum atomic E-state index is 0.428. The van der Waals surface area contributed by atoms with Crippen molar-refractivity contribution in [2.24, 2.45) is 0 Å². The molecule has 1 N–H and O–H groups in total. The van der Waals surface area contributed by atoms with Gasteiger partial charge in [0, 0.05) is 11.4 Å². The van der Waals surface area contributed by atoms with Crippen molar-refractivity contribution in [1.82, 2.24) is 5.32 Å². The molecule has 114 valence electrons. The van der Waals surface area contributed by atoms with Gasteiger partial charge < -0.3 is 10.1 Å². The molecule has 21 heavy (non-hydrogen) atoms. The van der Waals surface area contributed by atoms with E-state index in [1.807, 2.05) is 0 Å². The molecule has 0 amide bonds. The molecule has 2 aromatic rings. The normalized spacial score (nSPS) is 12.5. The van der Waals surface area contributed by atoms with Crippen molar-refractivity contribution in [2.45, 2.75) is 45.6 Å². The first-order chi connectivity index (χ1) is 10.3. The number of nitrogens with one attached hydrogen (secondary N) is 1. The number of ether oxygens (including phenoxy) is 1. The second kappa shape index (κ2) is 8.04. The Bertz CT molecular complexity index is 564. The molecule has 0 fully saturated rings. The zero-order valence-electron chi connectivity index (χ0n) is 13.5. The molecule has 0 aliphatic heterocycles. The molecule has 0 spiro atoms. The second-order valence-corrected chi connectivity index (χ2v) is 5.51. The lowest BCUT2D eigenvalue weighted by atomic mass is 9.94. The van der Waals surface area contributed by atoms with Gasteiger partial charge in [0.1, 0.15) is 5.75 Å². The molecule has 0 heterocycles. The number of methoxy groups -OCH3 is 1. The number of fused-ring (bicyclic) bond motifs is 1. The summed E-state index contributed by atoms with van der Waals surface area (Å²) in [5.41, 5.74) is 1.39. The molecular formula is C19H27NO. The lowest BCUT2D eigenvalue weighted by Crippen LogP contribution is -2.21. The Morgan fingerprint density at radius 2 is 1.76 bits per heavy atom. The van der Waals surface area contributed by atoms with Crippen molar-refractivity contribution >= 4 is 10.8 Å². The first-order valence-electron chi connectivity index (χ1n) is 8.10. The number of rotatable bonds is 8. The molecule has 0 aromatic heterocycles. The highest BCUT2D eigenvalue weighted by atomic mass is 16.5. The monoisotopic (exact) mass is 285 g/mol. The Balaban J connectivity index is 2.37. The SMILES string of the molecule is CCCCCC(NCC)c1ccc(OC)c2ccccc12. The number of hydrogen-bond acceptors (Lipinski definition) is 2. The molecule has 2 heteroatoms. The van der Waals surface area contributed by atoms with Crippen molar-refractivity contribution < 1.29 is 4.74 Å². The van der Waals surface area contributed by atoms with Gasteiger partial charge in [-0.3, -0.25) is 0 Å². The molecule has 0 bridgehead atoms. The standard InChI is InChI=1S/C19H27NO/c1-4-6-7-12-18(20-5-2)16-13-14-19(21-3)17-11-9-8-10-15(16)17/h8-11,13-14,18,20H,4-7,12H2,1-3H3. The molecule has 0 saturated carbocycles. The van der Waals surface area contributed by atoms with E-state index in [0.717, 1.165) is 12.3 Å². The van der Waals surface area contributed by atoms with Crippen LogP contribution in [-0.2, 0) is 0 Å². The molecular weight excluding hydrogens is 258 g/mol. The number of unbranched alkanes of at least 4 members (excludes halogenated alkanes) is 2. The van der Waals surface area contributed by atoms with Crippen LogP contribution in [0.3, 0.4) is 0 Å². The van der Waals surface area contributed by atoms with E-state index in [-0.39, 0.29) is 0 Å². The summed E-state index contributed by atoms with van der Waals surface area (Å²) in [6.07, 6.45) is 5.03. The minimum Gasteiger partial charge on any atom is -0.496 e. The van der Waals surface area contributed by atoms with E-state index in [1.165, 1.54) is 42.0 Å². The number of benzene rings is 2. The zero-order chi connectivity index (χ0) is 15.1. The molecule has 0 aliphatic rings. The fourth-order valence-electron chi connectivity index (χ4n) is 2.99. The van der Waals surface area contributed by atoms with Crippen molar-refractivity contribution in [3.05, 3.63) is 42.0 Å². The third-order valence-electron chi connectivity index (χ3n) is 4.06. The van der Waals surface area contributed by atoms with Gasteiger partial charge in [0.25, 0.3) is 0 Å². The highest BCUT2D eigenvalue weighted by Crippen LogP contribution is 2.33. The third kappa shape index (κ3) is 3.76. The lowest BCUT2D eigenvalue weighted by Gasteiger charge is -2.21. The van der Waals surface area contributed by atoms with Gasteiger partial charge in [0.2, 0.25) is 0 Å². The Morgan fingerprint density at radius 1 is 1.00 bits per heavy atom. The molecule has 0 saturated heterocycles. The van der Waals surface area contributed by atoms with E-state index in [9.17, 15) is 0 Å². The maximum atomic E-state index is 5.50. The van der Waals surface area contributed by atoms with E-state index < -0.39 is 0 Å². The van der Waals surface area contributed by atoms with E-state index in [4.69, 9.17) is 4.74 Å². The maximum Gasteiger partial charge on any atom is 0.126 e. The van der Waals surface area contributed by atoms with Crippen LogP contribution in [0.25, 0.3) is 10.8 Å². The lowest BCUT2D eigenvalue weighted by molar-refractivity contribution is 0.419. The van der Waals surface area contributed by atoms with Gasteiger partial charge in [-0.05, 0) is 30.0 Å². The fourth-order valence-corrected chi connectivity index (χ4v) is 2.99. The fraction of sp³-hybridized carbons (Fsp3) is 0.474. The average Bonchev–Trinajstić information content (AvgIpc) is 2.53. The summed E-state index contributed by atoms with van der Waals surface area (Å²) < 4.78 is 5.50. The summed E-state index contributed by atoms with van der Waals surface area (Å²) in [6, 6.07) is 13.3. The topological polar surface area (TPSA) is 21.3 Å². The zero-order valence-corrected chi connectivity index (χ0v) is 13.5. The highest BCUT2D eigenvalue weighted by Gasteiger charge is 2.14. The predicted molar refractivity (Wildman–Crippen MR) is 91.1 cm³/mol. The van der Waals surface area contributed by atoms with E-state index in [0.29, 0.717) is 6.04 Å². The summed E-state index contributed by atoms with van der Waals surface area (Å²) >= 11 is 0. The summed E-state index contributed by atoms with van der Waals surface area (Å²) in [7, 11) is 1.74. The van der Waals surface area contributed by atoms with Crippen LogP contribution in [0.15, 0.2) is 36.4 Å². The molecule has 1 unspecified atom stereocenters. The van der Waals surface area contributed by atoms with E-state index in [1.54, 1.807) is 7.11 Å². The first-order valence-corrected chi connectivity index (χ1v) is 8.10. The van der Waals surface area contributed by atoms with Crippen LogP contribution in [0.5, 0.6) is 5.75 Å². The smallest absolute Gasteiger partial charge is 0.126 e. The molecule has 0 aliphatic carbocycles. The van der Waals surface area contributed by atoms with Gasteiger partial charge in [-0.15, -0.1) is 0 Å². The largest absolute Gasteiger partial charge is 0.496 e. The van der Waals surface area contributed by atoms with Crippen molar-refractivity contribution in [1.29, 1.82) is 0 Å². The Labute approximate surface area is 128 Å². The van der Waals surface area contributed by atoms with Crippen LogP contribution in [-0.4, -0.2) is 13.7 Å². The summed E-state index contributed by atoms with van der Waals surface area (Å²) in [6.45, 7) is 5.43. The van der Waals surface area contributed by atoms with Gasteiger partial charge in [-0.2, -0.15) is 0 Å². The highest BCUT2D eigenvalue weighted by molar-refractivity contribution is 5.91. The Kier molecular flexibility index (Phi) is 6.06. The van der Waals surface area contributed by atoms with E-state index in [2.05, 4.69) is 55.6 Å². The van der Waals surface area contributed by atoms with Gasteiger partial charge in [0.05, 0.1) is 7.11 Å². The molecule has 1 atom stereocenters. The van der Waals surface area contributed by atoms with Crippen LogP contribution >= 0.6 is 0 Å². The van der Waals surface area contributed by atoms with Crippen LogP contribution in [0.4, 0.5) is 0 Å². The Morgan fingerprint density at radius 3 is 2.43 bits per heavy atom. The summed E-state index contributed by atoms with van der Waals surface area (Å²) in [4.78, 5) is 0. The predicted octanol–water partition coefficient (Wildman–Crippen LogP) is 5.08. The van der Waals surface area contributed by atoms with Crippen LogP contribution < -0.4 is 10.1 Å². The van der Waals surface area contributed by atoms with Gasteiger partial charge >= 0.3 is 0 Å². The third-order valence-corrected chi connectivity index (χ3v) is 4.06. The van der Waals surface area contributed by atoms with Crippen molar-refractivity contribution in [2.75, 3.05) is 13.7 Å². The molecule has 0 radical (unpaired) electrons. The number of hydrogen-bond donors (Lipinski definition) is 1. The second-order valence-electron chi connectivity index (χ2n) is 5.51. The minimum absolute atomic E-state index is 0.428.